The molecule has 0 heterocycles. The van der Waals surface area contributed by atoms with Crippen LogP contribution < -0.4 is 16.4 Å². The Labute approximate surface area is 142 Å². The van der Waals surface area contributed by atoms with Crippen LogP contribution in [0.4, 0.5) is 5.69 Å². The van der Waals surface area contributed by atoms with Crippen LogP contribution in [0, 0.1) is 0 Å². The SMILES string of the molecule is CC(=O)Nc1ccc(S(=O)(=O)N(C)CC(=O)NC(C)(C)CN)cc1. The number of carbonyl (C=O) groups excluding carboxylic acids is 2. The molecule has 0 aliphatic rings. The van der Waals surface area contributed by atoms with Crippen LogP contribution in [0.2, 0.25) is 0 Å². The van der Waals surface area contributed by atoms with Gasteiger partial charge in [-0.3, -0.25) is 9.59 Å². The van der Waals surface area contributed by atoms with Gasteiger partial charge in [0, 0.05) is 31.7 Å². The van der Waals surface area contributed by atoms with Crippen LogP contribution >= 0.6 is 0 Å². The largest absolute Gasteiger partial charge is 0.349 e. The topological polar surface area (TPSA) is 122 Å². The molecular formula is C15H24N4O4S. The van der Waals surface area contributed by atoms with Gasteiger partial charge < -0.3 is 16.4 Å². The average molecular weight is 356 g/mol. The van der Waals surface area contributed by atoms with Crippen LogP contribution in [0.1, 0.15) is 20.8 Å². The van der Waals surface area contributed by atoms with Crippen LogP contribution in [0.25, 0.3) is 0 Å². The zero-order valence-corrected chi connectivity index (χ0v) is 15.1. The molecule has 0 spiro atoms. The molecule has 0 radical (unpaired) electrons. The minimum Gasteiger partial charge on any atom is -0.349 e. The second kappa shape index (κ2) is 7.73. The van der Waals surface area contributed by atoms with Crippen molar-refractivity contribution in [3.63, 3.8) is 0 Å². The molecule has 0 fully saturated rings. The van der Waals surface area contributed by atoms with Crippen molar-refractivity contribution in [1.29, 1.82) is 0 Å². The third kappa shape index (κ3) is 5.59. The number of amides is 2. The van der Waals surface area contributed by atoms with Crippen LogP contribution in [0.3, 0.4) is 0 Å². The summed E-state index contributed by atoms with van der Waals surface area (Å²) in [6.45, 7) is 4.78. The quantitative estimate of drug-likeness (QED) is 0.640. The van der Waals surface area contributed by atoms with Gasteiger partial charge in [0.2, 0.25) is 21.8 Å². The Hall–Kier alpha value is -1.97. The molecule has 0 aliphatic heterocycles. The first-order valence-corrected chi connectivity index (χ1v) is 8.77. The van der Waals surface area contributed by atoms with E-state index in [9.17, 15) is 18.0 Å². The van der Waals surface area contributed by atoms with E-state index < -0.39 is 21.5 Å². The predicted molar refractivity (Wildman–Crippen MR) is 91.8 cm³/mol. The molecular weight excluding hydrogens is 332 g/mol. The Bertz CT molecular complexity index is 699. The molecule has 2 amide bonds. The van der Waals surface area contributed by atoms with E-state index in [1.807, 2.05) is 0 Å². The maximum atomic E-state index is 12.5. The Morgan fingerprint density at radius 2 is 1.75 bits per heavy atom. The summed E-state index contributed by atoms with van der Waals surface area (Å²) in [7, 11) is -2.49. The van der Waals surface area contributed by atoms with Crippen LogP contribution in [-0.2, 0) is 19.6 Å². The molecule has 9 heteroatoms. The summed E-state index contributed by atoms with van der Waals surface area (Å²) >= 11 is 0. The normalized spacial score (nSPS) is 12.1. The molecule has 0 unspecified atom stereocenters. The number of rotatable bonds is 7. The first-order valence-electron chi connectivity index (χ1n) is 7.33. The van der Waals surface area contributed by atoms with Crippen LogP contribution in [-0.4, -0.2) is 50.2 Å². The van der Waals surface area contributed by atoms with E-state index in [0.29, 0.717) is 5.69 Å². The van der Waals surface area contributed by atoms with Crippen molar-refractivity contribution in [3.05, 3.63) is 24.3 Å². The molecule has 0 saturated carbocycles. The molecule has 24 heavy (non-hydrogen) atoms. The number of nitrogens with one attached hydrogen (secondary N) is 2. The van der Waals surface area contributed by atoms with E-state index in [1.54, 1.807) is 13.8 Å². The molecule has 134 valence electrons. The van der Waals surface area contributed by atoms with Gasteiger partial charge in [0.15, 0.2) is 0 Å². The lowest BCUT2D eigenvalue weighted by atomic mass is 10.1. The zero-order chi connectivity index (χ0) is 18.5. The lowest BCUT2D eigenvalue weighted by Gasteiger charge is -2.25. The molecule has 0 atom stereocenters. The second-order valence-electron chi connectivity index (χ2n) is 6.10. The Morgan fingerprint density at radius 1 is 1.21 bits per heavy atom. The van der Waals surface area contributed by atoms with Crippen LogP contribution in [0.5, 0.6) is 0 Å². The summed E-state index contributed by atoms with van der Waals surface area (Å²) in [5, 5.41) is 5.23. The summed E-state index contributed by atoms with van der Waals surface area (Å²) in [5.74, 6) is -0.687. The van der Waals surface area contributed by atoms with Crippen LogP contribution in [0.15, 0.2) is 29.2 Å². The average Bonchev–Trinajstić information content (AvgIpc) is 2.46. The van der Waals surface area contributed by atoms with E-state index in [-0.39, 0.29) is 23.9 Å². The van der Waals surface area contributed by atoms with Gasteiger partial charge in [0.25, 0.3) is 0 Å². The Balaban J connectivity index is 2.83. The number of benzene rings is 1. The smallest absolute Gasteiger partial charge is 0.243 e. The van der Waals surface area contributed by atoms with E-state index >= 15 is 0 Å². The fraction of sp³-hybridized carbons (Fsp3) is 0.467. The van der Waals surface area contributed by atoms with Gasteiger partial charge in [-0.1, -0.05) is 0 Å². The number of anilines is 1. The molecule has 0 bridgehead atoms. The number of sulfonamides is 1. The van der Waals surface area contributed by atoms with Crippen molar-refractivity contribution in [2.24, 2.45) is 5.73 Å². The molecule has 1 rings (SSSR count). The Kier molecular flexibility index (Phi) is 6.47. The van der Waals surface area contributed by atoms with E-state index in [4.69, 9.17) is 5.73 Å². The van der Waals surface area contributed by atoms with Gasteiger partial charge in [-0.05, 0) is 38.1 Å². The highest BCUT2D eigenvalue weighted by atomic mass is 32.2. The van der Waals surface area contributed by atoms with Gasteiger partial charge in [-0.25, -0.2) is 8.42 Å². The van der Waals surface area contributed by atoms with Gasteiger partial charge in [0.05, 0.1) is 11.4 Å². The fourth-order valence-electron chi connectivity index (χ4n) is 1.85. The van der Waals surface area contributed by atoms with Gasteiger partial charge >= 0.3 is 0 Å². The highest BCUT2D eigenvalue weighted by molar-refractivity contribution is 7.89. The highest BCUT2D eigenvalue weighted by Gasteiger charge is 2.25. The number of likely N-dealkylation sites (N-methyl/N-ethyl adjacent to an activating group) is 1. The van der Waals surface area contributed by atoms with Crippen molar-refractivity contribution in [1.82, 2.24) is 9.62 Å². The minimum absolute atomic E-state index is 0.0324. The molecule has 1 aromatic rings. The van der Waals surface area contributed by atoms with Crippen molar-refractivity contribution in [2.75, 3.05) is 25.5 Å². The van der Waals surface area contributed by atoms with E-state index in [2.05, 4.69) is 10.6 Å². The van der Waals surface area contributed by atoms with Gasteiger partial charge in [-0.2, -0.15) is 4.31 Å². The predicted octanol–water partition coefficient (Wildman–Crippen LogP) is 0.119. The zero-order valence-electron chi connectivity index (χ0n) is 14.3. The minimum atomic E-state index is -3.81. The van der Waals surface area contributed by atoms with E-state index in [1.165, 1.54) is 38.2 Å². The molecule has 8 nitrogen and oxygen atoms in total. The van der Waals surface area contributed by atoms with E-state index in [0.717, 1.165) is 4.31 Å². The number of hydrogen-bond acceptors (Lipinski definition) is 5. The molecule has 0 saturated heterocycles. The monoisotopic (exact) mass is 356 g/mol. The first-order chi connectivity index (χ1) is 11.0. The lowest BCUT2D eigenvalue weighted by molar-refractivity contribution is -0.122. The molecule has 0 aliphatic carbocycles. The third-order valence-electron chi connectivity index (χ3n) is 3.24. The summed E-state index contributed by atoms with van der Waals surface area (Å²) in [5.41, 5.74) is 5.42. The van der Waals surface area contributed by atoms with Crippen molar-refractivity contribution in [3.8, 4) is 0 Å². The number of carbonyl (C=O) groups is 2. The molecule has 4 N–H and O–H groups in total. The maximum Gasteiger partial charge on any atom is 0.243 e. The summed E-state index contributed by atoms with van der Waals surface area (Å²) < 4.78 is 25.9. The van der Waals surface area contributed by atoms with Crippen molar-refractivity contribution < 1.29 is 18.0 Å². The third-order valence-corrected chi connectivity index (χ3v) is 5.05. The number of hydrogen-bond donors (Lipinski definition) is 3. The van der Waals surface area contributed by atoms with Gasteiger partial charge in [-0.15, -0.1) is 0 Å². The second-order valence-corrected chi connectivity index (χ2v) is 8.15. The highest BCUT2D eigenvalue weighted by Crippen LogP contribution is 2.17. The molecule has 0 aromatic heterocycles. The summed E-state index contributed by atoms with van der Waals surface area (Å²) in [6.07, 6.45) is 0. The van der Waals surface area contributed by atoms with Gasteiger partial charge in [0.1, 0.15) is 0 Å². The molecule has 1 aromatic carbocycles. The summed E-state index contributed by atoms with van der Waals surface area (Å²) in [4.78, 5) is 23.0. The first kappa shape index (κ1) is 20.1. The lowest BCUT2D eigenvalue weighted by Crippen LogP contribution is -2.51. The maximum absolute atomic E-state index is 12.5. The fourth-order valence-corrected chi connectivity index (χ4v) is 2.98. The number of nitrogens with two attached hydrogens (primary N) is 1. The Morgan fingerprint density at radius 3 is 2.21 bits per heavy atom. The number of nitrogens with zero attached hydrogens (tertiary/aromatic N) is 1. The van der Waals surface area contributed by atoms with Crippen molar-refractivity contribution >= 4 is 27.5 Å². The standard InChI is InChI=1S/C15H24N4O4S/c1-11(20)17-12-5-7-13(8-6-12)24(22,23)19(4)9-14(21)18-15(2,3)10-16/h5-8H,9-10,16H2,1-4H3,(H,17,20)(H,18,21). The van der Waals surface area contributed by atoms with Crippen molar-refractivity contribution in [2.45, 2.75) is 31.2 Å². The summed E-state index contributed by atoms with van der Waals surface area (Å²) in [6, 6.07) is 5.72.